The van der Waals surface area contributed by atoms with Gasteiger partial charge in [-0.1, -0.05) is 27.7 Å². The van der Waals surface area contributed by atoms with E-state index in [9.17, 15) is 9.59 Å². The number of nitrogens with one attached hydrogen (secondary N) is 1. The smallest absolute Gasteiger partial charge is 0.326 e. The Labute approximate surface area is 90.0 Å². The average molecular weight is 216 g/mol. The first kappa shape index (κ1) is 13.9. The van der Waals surface area contributed by atoms with E-state index in [0.29, 0.717) is 6.42 Å². The maximum atomic E-state index is 11.6. The number of nitrogens with two attached hydrogens (primary N) is 1. The van der Waals surface area contributed by atoms with E-state index < -0.39 is 24.0 Å². The molecule has 0 aromatic rings. The quantitative estimate of drug-likeness (QED) is 0.631. The Hall–Kier alpha value is -1.10. The van der Waals surface area contributed by atoms with E-state index in [-0.39, 0.29) is 5.41 Å². The summed E-state index contributed by atoms with van der Waals surface area (Å²) in [5.41, 5.74) is 5.32. The second-order valence-corrected chi connectivity index (χ2v) is 4.65. The molecule has 0 spiro atoms. The monoisotopic (exact) mass is 216 g/mol. The Morgan fingerprint density at radius 2 is 1.87 bits per heavy atom. The molecule has 0 radical (unpaired) electrons. The number of amides is 1. The van der Waals surface area contributed by atoms with Gasteiger partial charge in [-0.05, 0) is 11.8 Å². The van der Waals surface area contributed by atoms with Gasteiger partial charge in [0.25, 0.3) is 0 Å². The minimum Gasteiger partial charge on any atom is -0.480 e. The average Bonchev–Trinajstić information content (AvgIpc) is 2.10. The Bertz CT molecular complexity index is 246. The van der Waals surface area contributed by atoms with Crippen LogP contribution in [0, 0.1) is 5.41 Å². The molecule has 15 heavy (non-hydrogen) atoms. The molecule has 0 aromatic heterocycles. The molecule has 1 unspecified atom stereocenters. The third-order valence-electron chi connectivity index (χ3n) is 2.24. The second-order valence-electron chi connectivity index (χ2n) is 4.65. The van der Waals surface area contributed by atoms with Gasteiger partial charge in [0.1, 0.15) is 6.04 Å². The lowest BCUT2D eigenvalue weighted by Gasteiger charge is -2.27. The lowest BCUT2D eigenvalue weighted by molar-refractivity contribution is -0.142. The SMILES string of the molecule is CCC(NC(=O)[C@H](N)C(C)(C)C)C(=O)O. The highest BCUT2D eigenvalue weighted by Gasteiger charge is 2.29. The number of rotatable bonds is 4. The van der Waals surface area contributed by atoms with Crippen molar-refractivity contribution in [1.82, 2.24) is 5.32 Å². The van der Waals surface area contributed by atoms with Crippen LogP contribution in [-0.4, -0.2) is 29.1 Å². The Morgan fingerprint density at radius 1 is 1.40 bits per heavy atom. The van der Waals surface area contributed by atoms with Crippen molar-refractivity contribution in [1.29, 1.82) is 0 Å². The van der Waals surface area contributed by atoms with Gasteiger partial charge in [-0.3, -0.25) is 4.79 Å². The number of aliphatic carboxylic acids is 1. The van der Waals surface area contributed by atoms with Crippen molar-refractivity contribution in [2.24, 2.45) is 11.1 Å². The number of carbonyl (C=O) groups excluding carboxylic acids is 1. The molecule has 1 amide bonds. The molecule has 88 valence electrons. The molecule has 0 aliphatic rings. The van der Waals surface area contributed by atoms with Crippen LogP contribution in [0.25, 0.3) is 0 Å². The summed E-state index contributed by atoms with van der Waals surface area (Å²) in [6, 6.07) is -1.56. The summed E-state index contributed by atoms with van der Waals surface area (Å²) >= 11 is 0. The van der Waals surface area contributed by atoms with Crippen LogP contribution < -0.4 is 11.1 Å². The number of hydrogen-bond acceptors (Lipinski definition) is 3. The number of carbonyl (C=O) groups is 2. The van der Waals surface area contributed by atoms with Gasteiger partial charge in [-0.15, -0.1) is 0 Å². The molecular weight excluding hydrogens is 196 g/mol. The van der Waals surface area contributed by atoms with E-state index in [2.05, 4.69) is 5.32 Å². The number of carboxylic acid groups (broad SMARTS) is 1. The molecule has 0 aliphatic heterocycles. The zero-order valence-corrected chi connectivity index (χ0v) is 9.70. The molecule has 0 heterocycles. The highest BCUT2D eigenvalue weighted by atomic mass is 16.4. The summed E-state index contributed by atoms with van der Waals surface area (Å²) in [5, 5.41) is 11.2. The zero-order chi connectivity index (χ0) is 12.2. The molecule has 0 fully saturated rings. The van der Waals surface area contributed by atoms with Gasteiger partial charge in [0.05, 0.1) is 6.04 Å². The van der Waals surface area contributed by atoms with Crippen LogP contribution in [0.4, 0.5) is 0 Å². The van der Waals surface area contributed by atoms with E-state index in [1.54, 1.807) is 6.92 Å². The Morgan fingerprint density at radius 3 is 2.13 bits per heavy atom. The predicted octanol–water partition coefficient (Wildman–Crippen LogP) is 0.339. The molecule has 0 aliphatic carbocycles. The fraction of sp³-hybridized carbons (Fsp3) is 0.800. The van der Waals surface area contributed by atoms with Gasteiger partial charge >= 0.3 is 5.97 Å². The Kier molecular flexibility index (Phi) is 4.74. The van der Waals surface area contributed by atoms with Crippen molar-refractivity contribution in [3.63, 3.8) is 0 Å². The van der Waals surface area contributed by atoms with E-state index in [1.807, 2.05) is 20.8 Å². The normalized spacial score (nSPS) is 15.5. The summed E-state index contributed by atoms with van der Waals surface area (Å²) in [6.07, 6.45) is 0.345. The molecule has 0 saturated heterocycles. The molecule has 2 atom stereocenters. The summed E-state index contributed by atoms with van der Waals surface area (Å²) < 4.78 is 0. The summed E-state index contributed by atoms with van der Waals surface area (Å²) in [7, 11) is 0. The van der Waals surface area contributed by atoms with Crippen LogP contribution in [-0.2, 0) is 9.59 Å². The number of hydrogen-bond donors (Lipinski definition) is 3. The van der Waals surface area contributed by atoms with Crippen molar-refractivity contribution < 1.29 is 14.7 Å². The molecule has 5 heteroatoms. The van der Waals surface area contributed by atoms with Crippen LogP contribution in [0.5, 0.6) is 0 Å². The largest absolute Gasteiger partial charge is 0.480 e. The molecule has 4 N–H and O–H groups in total. The van der Waals surface area contributed by atoms with Gasteiger partial charge in [0, 0.05) is 0 Å². The Balaban J connectivity index is 4.42. The van der Waals surface area contributed by atoms with Crippen LogP contribution in [0.1, 0.15) is 34.1 Å². The van der Waals surface area contributed by atoms with Gasteiger partial charge in [0.15, 0.2) is 0 Å². The fourth-order valence-corrected chi connectivity index (χ4v) is 0.993. The van der Waals surface area contributed by atoms with Gasteiger partial charge in [-0.25, -0.2) is 4.79 Å². The molecule has 0 rings (SSSR count). The van der Waals surface area contributed by atoms with Crippen molar-refractivity contribution in [2.45, 2.75) is 46.2 Å². The first-order valence-electron chi connectivity index (χ1n) is 4.99. The fourth-order valence-electron chi connectivity index (χ4n) is 0.993. The predicted molar refractivity (Wildman–Crippen MR) is 57.3 cm³/mol. The van der Waals surface area contributed by atoms with Crippen LogP contribution >= 0.6 is 0 Å². The van der Waals surface area contributed by atoms with Crippen molar-refractivity contribution in [3.8, 4) is 0 Å². The van der Waals surface area contributed by atoms with Gasteiger partial charge < -0.3 is 16.2 Å². The van der Waals surface area contributed by atoms with Crippen LogP contribution in [0.2, 0.25) is 0 Å². The van der Waals surface area contributed by atoms with E-state index in [1.165, 1.54) is 0 Å². The molecule has 0 aromatic carbocycles. The van der Waals surface area contributed by atoms with E-state index >= 15 is 0 Å². The van der Waals surface area contributed by atoms with Crippen LogP contribution in [0.15, 0.2) is 0 Å². The van der Waals surface area contributed by atoms with Crippen molar-refractivity contribution in [3.05, 3.63) is 0 Å². The topological polar surface area (TPSA) is 92.4 Å². The molecule has 5 nitrogen and oxygen atoms in total. The maximum absolute atomic E-state index is 11.6. The zero-order valence-electron chi connectivity index (χ0n) is 9.70. The van der Waals surface area contributed by atoms with Gasteiger partial charge in [0.2, 0.25) is 5.91 Å². The standard InChI is InChI=1S/C10H20N2O3/c1-5-6(9(14)15)12-8(13)7(11)10(2,3)4/h6-7H,5,11H2,1-4H3,(H,12,13)(H,14,15)/t6?,7-/m0/s1. The van der Waals surface area contributed by atoms with E-state index in [4.69, 9.17) is 10.8 Å². The first-order chi connectivity index (χ1) is 6.70. The molecule has 0 saturated carbocycles. The second kappa shape index (κ2) is 5.11. The van der Waals surface area contributed by atoms with Crippen LogP contribution in [0.3, 0.4) is 0 Å². The highest BCUT2D eigenvalue weighted by Crippen LogP contribution is 2.17. The van der Waals surface area contributed by atoms with Crippen molar-refractivity contribution in [2.75, 3.05) is 0 Å². The molecule has 0 bridgehead atoms. The highest BCUT2D eigenvalue weighted by molar-refractivity contribution is 5.87. The lowest BCUT2D eigenvalue weighted by atomic mass is 9.87. The van der Waals surface area contributed by atoms with Crippen molar-refractivity contribution >= 4 is 11.9 Å². The van der Waals surface area contributed by atoms with E-state index in [0.717, 1.165) is 0 Å². The number of carboxylic acids is 1. The summed E-state index contributed by atoms with van der Waals surface area (Å²) in [6.45, 7) is 7.19. The lowest BCUT2D eigenvalue weighted by Crippen LogP contribution is -2.53. The minimum atomic E-state index is -1.04. The summed E-state index contributed by atoms with van der Waals surface area (Å²) in [4.78, 5) is 22.2. The summed E-state index contributed by atoms with van der Waals surface area (Å²) in [5.74, 6) is -1.45. The maximum Gasteiger partial charge on any atom is 0.326 e. The minimum absolute atomic E-state index is 0.345. The van der Waals surface area contributed by atoms with Gasteiger partial charge in [-0.2, -0.15) is 0 Å². The third kappa shape index (κ3) is 4.29. The third-order valence-corrected chi connectivity index (χ3v) is 2.24. The first-order valence-corrected chi connectivity index (χ1v) is 4.99. The molecular formula is C10H20N2O3.